The summed E-state index contributed by atoms with van der Waals surface area (Å²) in [5.74, 6) is -1.87. The van der Waals surface area contributed by atoms with Crippen molar-refractivity contribution in [3.63, 3.8) is 0 Å². The van der Waals surface area contributed by atoms with Crippen molar-refractivity contribution < 1.29 is 28.0 Å². The van der Waals surface area contributed by atoms with E-state index in [0.29, 0.717) is 0 Å². The predicted octanol–water partition coefficient (Wildman–Crippen LogP) is -0.144. The van der Waals surface area contributed by atoms with Crippen LogP contribution in [0.3, 0.4) is 0 Å². The fourth-order valence-corrected chi connectivity index (χ4v) is 3.14. The van der Waals surface area contributed by atoms with E-state index in [1.165, 1.54) is 12.1 Å². The Hall–Kier alpha value is -1.49. The van der Waals surface area contributed by atoms with E-state index in [0.717, 1.165) is 6.07 Å². The molecule has 108 valence electrons. The second-order valence-corrected chi connectivity index (χ2v) is 6.47. The minimum atomic E-state index is -4.02. The Kier molecular flexibility index (Phi) is 4.09. The molecule has 0 saturated carbocycles. The Labute approximate surface area is 122 Å². The number of carboxylic acids is 1. The first-order chi connectivity index (χ1) is 9.31. The lowest BCUT2D eigenvalue weighted by atomic mass is 10.2. The highest BCUT2D eigenvalue weighted by atomic mass is 79.9. The molecule has 1 amide bonds. The Morgan fingerprint density at radius 1 is 1.50 bits per heavy atom. The summed E-state index contributed by atoms with van der Waals surface area (Å²) >= 11 is 3.02. The van der Waals surface area contributed by atoms with Gasteiger partial charge in [-0.2, -0.15) is 4.72 Å². The van der Waals surface area contributed by atoms with Gasteiger partial charge in [-0.1, -0.05) is 0 Å². The summed E-state index contributed by atoms with van der Waals surface area (Å²) in [5.41, 5.74) is 1.82. The second-order valence-electron chi connectivity index (χ2n) is 3.90. The standard InChI is InChI=1S/C10H9BrN2O6S/c11-7-2-1-5(3-6(7)10(15)16)20(17,18)13-8-4-19-12-9(8)14/h1-3,8,13H,4H2,(H,12,14)(H,15,16)/t8-/m1/s1. The van der Waals surface area contributed by atoms with Gasteiger partial charge in [0.25, 0.3) is 5.91 Å². The van der Waals surface area contributed by atoms with Gasteiger partial charge in [-0.3, -0.25) is 9.63 Å². The Morgan fingerprint density at radius 3 is 2.75 bits per heavy atom. The zero-order chi connectivity index (χ0) is 14.9. The SMILES string of the molecule is O=C(O)c1cc(S(=O)(=O)N[C@@H]2CONC2=O)ccc1Br. The average Bonchev–Trinajstić information content (AvgIpc) is 2.74. The molecule has 20 heavy (non-hydrogen) atoms. The molecule has 1 aromatic rings. The number of benzene rings is 1. The van der Waals surface area contributed by atoms with E-state index in [4.69, 9.17) is 5.11 Å². The number of carboxylic acid groups (broad SMARTS) is 1. The number of rotatable bonds is 4. The number of hydrogen-bond donors (Lipinski definition) is 3. The number of carbonyl (C=O) groups is 2. The van der Waals surface area contributed by atoms with Crippen molar-refractivity contribution in [2.45, 2.75) is 10.9 Å². The first-order valence-corrected chi connectivity index (χ1v) is 7.56. The zero-order valence-corrected chi connectivity index (χ0v) is 12.2. The molecule has 8 nitrogen and oxygen atoms in total. The van der Waals surface area contributed by atoms with Crippen molar-refractivity contribution in [2.24, 2.45) is 0 Å². The summed E-state index contributed by atoms with van der Waals surface area (Å²) in [7, 11) is -4.02. The van der Waals surface area contributed by atoms with Gasteiger partial charge in [-0.25, -0.2) is 18.7 Å². The monoisotopic (exact) mass is 364 g/mol. The Morgan fingerprint density at radius 2 is 2.20 bits per heavy atom. The van der Waals surface area contributed by atoms with E-state index >= 15 is 0 Å². The molecule has 0 radical (unpaired) electrons. The van der Waals surface area contributed by atoms with Crippen LogP contribution in [0.5, 0.6) is 0 Å². The van der Waals surface area contributed by atoms with Crippen LogP contribution < -0.4 is 10.2 Å². The third kappa shape index (κ3) is 2.98. The van der Waals surface area contributed by atoms with Crippen LogP contribution in [0, 0.1) is 0 Å². The van der Waals surface area contributed by atoms with Crippen LogP contribution in [0.2, 0.25) is 0 Å². The summed E-state index contributed by atoms with van der Waals surface area (Å²) in [6.45, 7) is -0.139. The molecule has 0 aromatic heterocycles. The molecule has 1 aliphatic rings. The van der Waals surface area contributed by atoms with Crippen molar-refractivity contribution in [3.05, 3.63) is 28.2 Å². The molecule has 1 fully saturated rings. The largest absolute Gasteiger partial charge is 0.478 e. The summed E-state index contributed by atoms with van der Waals surface area (Å²) in [6, 6.07) is 2.50. The minimum Gasteiger partial charge on any atom is -0.478 e. The van der Waals surface area contributed by atoms with Gasteiger partial charge >= 0.3 is 5.97 Å². The van der Waals surface area contributed by atoms with Crippen LogP contribution >= 0.6 is 15.9 Å². The highest BCUT2D eigenvalue weighted by Gasteiger charge is 2.31. The van der Waals surface area contributed by atoms with Gasteiger partial charge in [-0.15, -0.1) is 0 Å². The third-order valence-electron chi connectivity index (χ3n) is 2.52. The molecule has 0 unspecified atom stereocenters. The van der Waals surface area contributed by atoms with Gasteiger partial charge in [0.2, 0.25) is 10.0 Å². The molecule has 1 aromatic carbocycles. The van der Waals surface area contributed by atoms with Crippen LogP contribution in [0.25, 0.3) is 0 Å². The molecule has 2 rings (SSSR count). The number of hydrogen-bond acceptors (Lipinski definition) is 5. The first kappa shape index (κ1) is 14.9. The molecule has 1 heterocycles. The molecular formula is C10H9BrN2O6S. The second kappa shape index (κ2) is 5.48. The van der Waals surface area contributed by atoms with Gasteiger partial charge in [-0.05, 0) is 34.1 Å². The zero-order valence-electron chi connectivity index (χ0n) is 9.79. The fraction of sp³-hybridized carbons (Fsp3) is 0.200. The highest BCUT2D eigenvalue weighted by molar-refractivity contribution is 9.10. The number of aromatic carboxylic acids is 1. The summed E-state index contributed by atoms with van der Waals surface area (Å²) in [5, 5.41) is 8.95. The smallest absolute Gasteiger partial charge is 0.336 e. The van der Waals surface area contributed by atoms with Gasteiger partial charge < -0.3 is 5.11 Å². The molecule has 0 aliphatic carbocycles. The molecule has 3 N–H and O–H groups in total. The van der Waals surface area contributed by atoms with Crippen LogP contribution in [-0.2, 0) is 19.7 Å². The van der Waals surface area contributed by atoms with Crippen molar-refractivity contribution >= 4 is 37.8 Å². The lowest BCUT2D eigenvalue weighted by molar-refractivity contribution is -0.124. The Balaban J connectivity index is 2.32. The highest BCUT2D eigenvalue weighted by Crippen LogP contribution is 2.21. The molecule has 1 atom stereocenters. The van der Waals surface area contributed by atoms with Gasteiger partial charge in [0, 0.05) is 4.47 Å². The molecule has 1 aliphatic heterocycles. The number of halogens is 1. The molecule has 0 bridgehead atoms. The summed E-state index contributed by atoms with van der Waals surface area (Å²) in [6.07, 6.45) is 0. The van der Waals surface area contributed by atoms with Gasteiger partial charge in [0.1, 0.15) is 12.6 Å². The topological polar surface area (TPSA) is 122 Å². The van der Waals surface area contributed by atoms with Gasteiger partial charge in [0.05, 0.1) is 10.5 Å². The van der Waals surface area contributed by atoms with E-state index in [1.54, 1.807) is 0 Å². The number of amides is 1. The predicted molar refractivity (Wildman–Crippen MR) is 69.3 cm³/mol. The number of sulfonamides is 1. The summed E-state index contributed by atoms with van der Waals surface area (Å²) in [4.78, 5) is 26.6. The van der Waals surface area contributed by atoms with Gasteiger partial charge in [0.15, 0.2) is 0 Å². The van der Waals surface area contributed by atoms with E-state index in [9.17, 15) is 18.0 Å². The molecule has 0 spiro atoms. The van der Waals surface area contributed by atoms with Crippen LogP contribution in [-0.4, -0.2) is 38.0 Å². The van der Waals surface area contributed by atoms with Crippen molar-refractivity contribution in [2.75, 3.05) is 6.61 Å². The molecule has 1 saturated heterocycles. The lowest BCUT2D eigenvalue weighted by Crippen LogP contribution is -2.41. The first-order valence-electron chi connectivity index (χ1n) is 5.28. The van der Waals surface area contributed by atoms with Crippen LogP contribution in [0.4, 0.5) is 0 Å². The van der Waals surface area contributed by atoms with E-state index in [1.807, 2.05) is 5.48 Å². The maximum atomic E-state index is 12.1. The Bertz CT molecular complexity index is 674. The quantitative estimate of drug-likeness (QED) is 0.683. The van der Waals surface area contributed by atoms with Crippen molar-refractivity contribution in [1.29, 1.82) is 0 Å². The number of carbonyl (C=O) groups excluding carboxylic acids is 1. The lowest BCUT2D eigenvalue weighted by Gasteiger charge is -2.10. The fourth-order valence-electron chi connectivity index (χ4n) is 1.52. The number of hydroxylamine groups is 1. The maximum Gasteiger partial charge on any atom is 0.336 e. The van der Waals surface area contributed by atoms with Crippen molar-refractivity contribution in [3.8, 4) is 0 Å². The van der Waals surface area contributed by atoms with Crippen molar-refractivity contribution in [1.82, 2.24) is 10.2 Å². The third-order valence-corrected chi connectivity index (χ3v) is 4.68. The maximum absolute atomic E-state index is 12.1. The average molecular weight is 365 g/mol. The van der Waals surface area contributed by atoms with E-state index in [2.05, 4.69) is 25.5 Å². The normalized spacial score (nSPS) is 18.9. The van der Waals surface area contributed by atoms with Crippen LogP contribution in [0.1, 0.15) is 10.4 Å². The number of nitrogens with one attached hydrogen (secondary N) is 2. The van der Waals surface area contributed by atoms with E-state index in [-0.39, 0.29) is 21.5 Å². The minimum absolute atomic E-state index is 0.139. The summed E-state index contributed by atoms with van der Waals surface area (Å²) < 4.78 is 26.5. The van der Waals surface area contributed by atoms with Crippen LogP contribution in [0.15, 0.2) is 27.6 Å². The molecule has 10 heteroatoms. The van der Waals surface area contributed by atoms with E-state index < -0.39 is 27.9 Å². The molecular weight excluding hydrogens is 356 g/mol.